The summed E-state index contributed by atoms with van der Waals surface area (Å²) >= 11 is 1.86. The van der Waals surface area contributed by atoms with E-state index >= 15 is 0 Å². The van der Waals surface area contributed by atoms with E-state index in [0.29, 0.717) is 9.99 Å². The van der Waals surface area contributed by atoms with E-state index in [1.165, 1.54) is 57.5 Å². The second-order valence-corrected chi connectivity index (χ2v) is 14.4. The van der Waals surface area contributed by atoms with Gasteiger partial charge in [0.05, 0.1) is 44.0 Å². The normalized spacial score (nSPS) is 11.0. The molecule has 290 valence electrons. The van der Waals surface area contributed by atoms with Gasteiger partial charge in [0.2, 0.25) is 10.0 Å². The van der Waals surface area contributed by atoms with Crippen molar-refractivity contribution in [2.75, 3.05) is 33.3 Å². The van der Waals surface area contributed by atoms with Crippen molar-refractivity contribution in [3.8, 4) is 12.0 Å². The monoisotopic (exact) mass is 949 g/mol. The van der Waals surface area contributed by atoms with E-state index in [4.69, 9.17) is 9.47 Å². The van der Waals surface area contributed by atoms with E-state index in [1.54, 1.807) is 0 Å². The number of rotatable bonds is 11. The molecular weight excluding hydrogens is 919 g/mol. The van der Waals surface area contributed by atoms with Crippen LogP contribution in [0.4, 0.5) is 10.7 Å². The van der Waals surface area contributed by atoms with E-state index in [2.05, 4.69) is 44.0 Å². The molecule has 2 heterocycles. The van der Waals surface area contributed by atoms with Gasteiger partial charge in [0.25, 0.3) is 10.0 Å². The Hall–Kier alpha value is -3.70. The first-order valence-corrected chi connectivity index (χ1v) is 18.8. The summed E-state index contributed by atoms with van der Waals surface area (Å²) in [6, 6.07) is 6.16. The summed E-state index contributed by atoms with van der Waals surface area (Å²) in [5.74, 6) is -1.79. The molecule has 0 aliphatic carbocycles. The van der Waals surface area contributed by atoms with Gasteiger partial charge in [-0.3, -0.25) is 4.79 Å². The molecule has 0 saturated heterocycles. The maximum absolute atomic E-state index is 12.5. The average Bonchev–Trinajstić information content (AvgIpc) is 3.41. The van der Waals surface area contributed by atoms with Crippen molar-refractivity contribution < 1.29 is 114 Å². The van der Waals surface area contributed by atoms with Crippen molar-refractivity contribution in [2.45, 2.75) is 30.1 Å². The molecule has 22 nitrogen and oxygen atoms in total. The van der Waals surface area contributed by atoms with Crippen LogP contribution < -0.4 is 84.7 Å². The third-order valence-electron chi connectivity index (χ3n) is 6.28. The molecule has 4 rings (SSSR count). The van der Waals surface area contributed by atoms with Crippen molar-refractivity contribution in [2.24, 2.45) is 11.4 Å². The summed E-state index contributed by atoms with van der Waals surface area (Å²) in [6.45, 7) is 3.61. The Morgan fingerprint density at radius 3 is 2.14 bits per heavy atom. The quantitative estimate of drug-likeness (QED) is 0.0484. The van der Waals surface area contributed by atoms with E-state index < -0.39 is 59.5 Å². The van der Waals surface area contributed by atoms with Gasteiger partial charge >= 0.3 is 88.8 Å². The third kappa shape index (κ3) is 13.2. The number of anilines is 1. The molecule has 1 N–H and O–H groups in total. The van der Waals surface area contributed by atoms with Gasteiger partial charge in [-0.25, -0.2) is 32.4 Å². The van der Waals surface area contributed by atoms with Gasteiger partial charge in [-0.15, -0.1) is 5.10 Å². The predicted octanol–water partition coefficient (Wildman–Crippen LogP) is -5.01. The number of esters is 2. The van der Waals surface area contributed by atoms with Crippen LogP contribution in [0.2, 0.25) is 0 Å². The Labute approximate surface area is 377 Å². The summed E-state index contributed by atoms with van der Waals surface area (Å²) in [7, 11) is -4.29. The number of halogens is 1. The zero-order chi connectivity index (χ0) is 40.4. The number of nitrogens with one attached hydrogen (secondary N) is 1. The molecule has 0 spiro atoms. The molecular formula is C29H30IN9Na2O13S2. The van der Waals surface area contributed by atoms with E-state index in [0.717, 1.165) is 24.9 Å². The number of sulfonamides is 2. The Balaban J connectivity index is 0.000000541. The van der Waals surface area contributed by atoms with Crippen LogP contribution in [0.1, 0.15) is 39.9 Å². The van der Waals surface area contributed by atoms with E-state index in [1.807, 2.05) is 29.5 Å². The van der Waals surface area contributed by atoms with Gasteiger partial charge in [0.15, 0.2) is 12.0 Å². The van der Waals surface area contributed by atoms with Crippen LogP contribution in [0.15, 0.2) is 61.4 Å². The number of carbonyl (C=O) groups excluding carboxylic acids is 3. The number of hydrogen-bond acceptors (Lipinski definition) is 17. The summed E-state index contributed by atoms with van der Waals surface area (Å²) in [5.41, 5.74) is -1.46. The Kier molecular flexibility index (Phi) is 20.0. The molecule has 2 aromatic carbocycles. The minimum Gasteiger partial charge on any atom is -0.844 e. The first-order valence-electron chi connectivity index (χ1n) is 14.8. The summed E-state index contributed by atoms with van der Waals surface area (Å²) in [6.07, 6.45) is 0.637. The number of carbonyl (C=O) groups is 3. The van der Waals surface area contributed by atoms with Crippen LogP contribution in [0.25, 0.3) is 4.72 Å². The largest absolute Gasteiger partial charge is 1.00 e. The van der Waals surface area contributed by atoms with Crippen LogP contribution in [-0.2, 0) is 36.6 Å². The molecule has 0 aliphatic rings. The molecule has 27 heteroatoms. The maximum Gasteiger partial charge on any atom is 1.00 e. The number of ether oxygens (including phenoxy) is 4. The first kappa shape index (κ1) is 50.3. The van der Waals surface area contributed by atoms with E-state index in [9.17, 15) is 41.1 Å². The summed E-state index contributed by atoms with van der Waals surface area (Å²) in [4.78, 5) is 58.1. The van der Waals surface area contributed by atoms with Crippen LogP contribution in [0.3, 0.4) is 0 Å². The van der Waals surface area contributed by atoms with Gasteiger partial charge < -0.3 is 34.1 Å². The minimum atomic E-state index is -4.61. The second kappa shape index (κ2) is 22.3. The standard InChI is InChI=1S/C15H18N4O7S.C14H14IN5O6S.2Na/c1-4-9-26-14-16-19(15(22)18(14)2)13(21)17-27(23,24)11-8-6-5-7-10(11)12(20)25-3;1-7-16-12(19-14(17-7)26-3)18-13(22)20-27(23,24)10-6-8(15)4-5-9(10)11(21)25-2;;/h5-8H,4,9H2,1-3H3,(H,17,21);4-6H,1-3H3,(H2,16,17,18,19,20,22);;/q;;2*+1/p-2. The molecule has 0 radical (unpaired) electrons. The molecule has 0 saturated carbocycles. The topological polar surface area (TPSA) is 296 Å². The Morgan fingerprint density at radius 1 is 0.946 bits per heavy atom. The van der Waals surface area contributed by atoms with Crippen LogP contribution in [0, 0.1) is 10.5 Å². The van der Waals surface area contributed by atoms with Crippen molar-refractivity contribution in [1.29, 1.82) is 0 Å². The fraction of sp³-hybridized carbons (Fsp3) is 0.276. The fourth-order valence-corrected chi connectivity index (χ4v) is 6.72. The zero-order valence-corrected chi connectivity index (χ0v) is 38.8. The molecule has 0 unspecified atom stereocenters. The van der Waals surface area contributed by atoms with Crippen LogP contribution in [-0.4, -0.2) is 98.1 Å². The van der Waals surface area contributed by atoms with Crippen LogP contribution >= 0.6 is 22.6 Å². The SMILES string of the molecule is CCCOc1nn(/C([O-])=N/S(=O)(=O)c2ccccc2C(=O)OC)c(=O)n1C.COC(=O)c1ccc(I)cc1S(=O)(=O)[N-]C(=O)Nc1nc(C)nc(OC)n1.[Na+].[Na+]. The second-order valence-electron chi connectivity index (χ2n) is 10.0. The number of amides is 2. The molecule has 0 bridgehead atoms. The Bertz CT molecular complexity index is 2380. The number of urea groups is 1. The van der Waals surface area contributed by atoms with Gasteiger partial charge in [0.1, 0.15) is 16.7 Å². The van der Waals surface area contributed by atoms with Gasteiger partial charge in [-0.05, 0) is 66.3 Å². The average molecular weight is 950 g/mol. The van der Waals surface area contributed by atoms with Crippen molar-refractivity contribution >= 4 is 72.6 Å². The number of methoxy groups -OCH3 is 3. The number of aryl methyl sites for hydroxylation is 1. The number of benzene rings is 2. The molecule has 0 aliphatic heterocycles. The molecule has 56 heavy (non-hydrogen) atoms. The predicted molar refractivity (Wildman–Crippen MR) is 192 cm³/mol. The minimum absolute atomic E-state index is 0. The summed E-state index contributed by atoms with van der Waals surface area (Å²) < 4.78 is 77.0. The molecule has 2 aromatic heterocycles. The van der Waals surface area contributed by atoms with Gasteiger partial charge in [0, 0.05) is 10.6 Å². The number of nitrogens with zero attached hydrogens (tertiary/aromatic N) is 8. The van der Waals surface area contributed by atoms with Crippen molar-refractivity contribution in [3.63, 3.8) is 0 Å². The van der Waals surface area contributed by atoms with Crippen molar-refractivity contribution in [1.82, 2.24) is 29.3 Å². The van der Waals surface area contributed by atoms with Crippen LogP contribution in [0.5, 0.6) is 12.0 Å². The van der Waals surface area contributed by atoms with Gasteiger partial charge in [-0.1, -0.05) is 19.1 Å². The third-order valence-corrected chi connectivity index (χ3v) is 9.56. The van der Waals surface area contributed by atoms with E-state index in [-0.39, 0.29) is 105 Å². The molecule has 2 amide bonds. The molecule has 4 aromatic rings. The fourth-order valence-electron chi connectivity index (χ4n) is 3.89. The number of hydrogen-bond donors (Lipinski definition) is 1. The molecule has 0 atom stereocenters. The Morgan fingerprint density at radius 2 is 1.55 bits per heavy atom. The molecule has 0 fully saturated rings. The summed E-state index contributed by atoms with van der Waals surface area (Å²) in [5, 5.41) is 18.0. The van der Waals surface area contributed by atoms with Gasteiger partial charge in [-0.2, -0.15) is 27.5 Å². The zero-order valence-electron chi connectivity index (χ0n) is 31.0. The number of aromatic nitrogens is 6. The smallest absolute Gasteiger partial charge is 0.844 e. The first-order chi connectivity index (χ1) is 25.4. The maximum atomic E-state index is 12.5. The van der Waals surface area contributed by atoms with Crippen molar-refractivity contribution in [3.05, 3.63) is 78.2 Å².